The second-order valence-corrected chi connectivity index (χ2v) is 8.41. The van der Waals surface area contributed by atoms with Crippen molar-refractivity contribution >= 4 is 27.3 Å². The van der Waals surface area contributed by atoms with Gasteiger partial charge in [0, 0.05) is 24.2 Å². The molecule has 0 radical (unpaired) electrons. The first kappa shape index (κ1) is 16.3. The maximum absolute atomic E-state index is 12.3. The minimum Gasteiger partial charge on any atom is -0.328 e. The lowest BCUT2D eigenvalue weighted by molar-refractivity contribution is -0.120. The lowest BCUT2D eigenvalue weighted by Crippen LogP contribution is -2.34. The molecule has 6 nitrogen and oxygen atoms in total. The van der Waals surface area contributed by atoms with Crippen molar-refractivity contribution in [1.29, 1.82) is 0 Å². The van der Waals surface area contributed by atoms with Crippen LogP contribution in [0.1, 0.15) is 32.1 Å². The summed E-state index contributed by atoms with van der Waals surface area (Å²) in [5, 5.41) is 2.91. The molecule has 3 N–H and O–H groups in total. The van der Waals surface area contributed by atoms with Crippen molar-refractivity contribution in [2.45, 2.75) is 38.1 Å². The Balaban J connectivity index is 1.64. The van der Waals surface area contributed by atoms with Gasteiger partial charge in [0.2, 0.25) is 15.9 Å². The number of nitrogens with one attached hydrogen (secondary N) is 1. The van der Waals surface area contributed by atoms with E-state index in [1.807, 2.05) is 0 Å². The Hall–Kier alpha value is -1.60. The third-order valence-electron chi connectivity index (χ3n) is 4.61. The standard InChI is InChI=1S/C16H23N3O3S/c17-13-4-1-3-12(11-13)16(20)18-14-5-7-15(8-6-14)19-9-2-10-23(19,21)22/h5-8,12-13H,1-4,9-11,17H2,(H,18,20). The van der Waals surface area contributed by atoms with E-state index in [4.69, 9.17) is 5.73 Å². The van der Waals surface area contributed by atoms with E-state index in [1.54, 1.807) is 24.3 Å². The Morgan fingerprint density at radius 3 is 2.52 bits per heavy atom. The first-order valence-corrected chi connectivity index (χ1v) is 9.73. The van der Waals surface area contributed by atoms with Gasteiger partial charge in [0.1, 0.15) is 0 Å². The molecule has 1 saturated heterocycles. The zero-order valence-electron chi connectivity index (χ0n) is 13.1. The molecular weight excluding hydrogens is 314 g/mol. The number of anilines is 2. The summed E-state index contributed by atoms with van der Waals surface area (Å²) < 4.78 is 25.2. The average molecular weight is 337 g/mol. The van der Waals surface area contributed by atoms with Crippen molar-refractivity contribution in [2.24, 2.45) is 11.7 Å². The molecule has 1 aliphatic carbocycles. The molecule has 2 fully saturated rings. The van der Waals surface area contributed by atoms with Gasteiger partial charge < -0.3 is 11.1 Å². The van der Waals surface area contributed by atoms with Crippen molar-refractivity contribution in [3.8, 4) is 0 Å². The van der Waals surface area contributed by atoms with E-state index >= 15 is 0 Å². The third kappa shape index (κ3) is 3.67. The van der Waals surface area contributed by atoms with Crippen LogP contribution in [0.15, 0.2) is 24.3 Å². The number of nitrogens with zero attached hydrogens (tertiary/aromatic N) is 1. The van der Waals surface area contributed by atoms with Crippen LogP contribution in [-0.2, 0) is 14.8 Å². The zero-order valence-corrected chi connectivity index (χ0v) is 13.9. The first-order valence-electron chi connectivity index (χ1n) is 8.12. The van der Waals surface area contributed by atoms with Crippen LogP contribution in [0.5, 0.6) is 0 Å². The highest BCUT2D eigenvalue weighted by Crippen LogP contribution is 2.27. The van der Waals surface area contributed by atoms with Gasteiger partial charge in [0.05, 0.1) is 11.4 Å². The number of hydrogen-bond acceptors (Lipinski definition) is 4. The van der Waals surface area contributed by atoms with Crippen LogP contribution >= 0.6 is 0 Å². The van der Waals surface area contributed by atoms with Gasteiger partial charge in [-0.25, -0.2) is 8.42 Å². The number of carbonyl (C=O) groups excluding carboxylic acids is 1. The number of nitrogens with two attached hydrogens (primary N) is 1. The highest BCUT2D eigenvalue weighted by molar-refractivity contribution is 7.93. The Kier molecular flexibility index (Phi) is 4.59. The van der Waals surface area contributed by atoms with Gasteiger partial charge in [0.15, 0.2) is 0 Å². The highest BCUT2D eigenvalue weighted by Gasteiger charge is 2.28. The maximum Gasteiger partial charge on any atom is 0.235 e. The average Bonchev–Trinajstić information content (AvgIpc) is 2.87. The van der Waals surface area contributed by atoms with Crippen LogP contribution in [-0.4, -0.2) is 32.7 Å². The number of carbonyl (C=O) groups is 1. The smallest absolute Gasteiger partial charge is 0.235 e. The highest BCUT2D eigenvalue weighted by atomic mass is 32.2. The molecule has 1 heterocycles. The van der Waals surface area contributed by atoms with Crippen molar-refractivity contribution in [3.63, 3.8) is 0 Å². The minimum atomic E-state index is -3.17. The summed E-state index contributed by atoms with van der Waals surface area (Å²) in [6.45, 7) is 0.522. The lowest BCUT2D eigenvalue weighted by atomic mass is 9.85. The molecule has 1 aliphatic heterocycles. The fourth-order valence-corrected chi connectivity index (χ4v) is 4.92. The van der Waals surface area contributed by atoms with Gasteiger partial charge in [-0.05, 0) is 49.9 Å². The van der Waals surface area contributed by atoms with Crippen molar-refractivity contribution in [3.05, 3.63) is 24.3 Å². The molecule has 0 spiro atoms. The molecule has 1 saturated carbocycles. The summed E-state index contributed by atoms with van der Waals surface area (Å²) in [4.78, 5) is 12.3. The zero-order chi connectivity index (χ0) is 16.4. The Labute approximate surface area is 137 Å². The van der Waals surface area contributed by atoms with E-state index in [0.717, 1.165) is 25.7 Å². The normalized spacial score (nSPS) is 26.9. The summed E-state index contributed by atoms with van der Waals surface area (Å²) in [5.74, 6) is 0.173. The topological polar surface area (TPSA) is 92.5 Å². The second-order valence-electron chi connectivity index (χ2n) is 6.40. The monoisotopic (exact) mass is 337 g/mol. The quantitative estimate of drug-likeness (QED) is 0.878. The van der Waals surface area contributed by atoms with Gasteiger partial charge >= 0.3 is 0 Å². The van der Waals surface area contributed by atoms with Crippen molar-refractivity contribution < 1.29 is 13.2 Å². The first-order chi connectivity index (χ1) is 11.0. The fourth-order valence-electron chi connectivity index (χ4n) is 3.35. The molecule has 1 aromatic carbocycles. The van der Waals surface area contributed by atoms with Crippen LogP contribution in [0, 0.1) is 5.92 Å². The summed E-state index contributed by atoms with van der Waals surface area (Å²) in [7, 11) is -3.17. The summed E-state index contributed by atoms with van der Waals surface area (Å²) in [6, 6.07) is 7.10. The molecule has 2 atom stereocenters. The summed E-state index contributed by atoms with van der Waals surface area (Å²) >= 11 is 0. The molecule has 2 unspecified atom stereocenters. The number of rotatable bonds is 3. The van der Waals surface area contributed by atoms with Crippen LogP contribution in [0.25, 0.3) is 0 Å². The van der Waals surface area contributed by atoms with Crippen LogP contribution < -0.4 is 15.4 Å². The lowest BCUT2D eigenvalue weighted by Gasteiger charge is -2.25. The van der Waals surface area contributed by atoms with E-state index in [0.29, 0.717) is 24.3 Å². The van der Waals surface area contributed by atoms with Crippen LogP contribution in [0.2, 0.25) is 0 Å². The van der Waals surface area contributed by atoms with Gasteiger partial charge in [0.25, 0.3) is 0 Å². The predicted molar refractivity (Wildman–Crippen MR) is 90.8 cm³/mol. The minimum absolute atomic E-state index is 0.00157. The van der Waals surface area contributed by atoms with E-state index in [1.165, 1.54) is 4.31 Å². The molecule has 126 valence electrons. The Morgan fingerprint density at radius 2 is 1.91 bits per heavy atom. The van der Waals surface area contributed by atoms with E-state index in [9.17, 15) is 13.2 Å². The van der Waals surface area contributed by atoms with Gasteiger partial charge in [-0.3, -0.25) is 9.10 Å². The molecule has 7 heteroatoms. The molecule has 23 heavy (non-hydrogen) atoms. The van der Waals surface area contributed by atoms with Gasteiger partial charge in [-0.1, -0.05) is 6.42 Å². The van der Waals surface area contributed by atoms with Gasteiger partial charge in [-0.15, -0.1) is 0 Å². The molecule has 1 amide bonds. The molecule has 2 aliphatic rings. The molecule has 0 bridgehead atoms. The molecule has 1 aromatic rings. The third-order valence-corrected chi connectivity index (χ3v) is 6.48. The molecular formula is C16H23N3O3S. The predicted octanol–water partition coefficient (Wildman–Crippen LogP) is 1.68. The number of amides is 1. The van der Waals surface area contributed by atoms with Crippen molar-refractivity contribution in [2.75, 3.05) is 21.9 Å². The fraction of sp³-hybridized carbons (Fsp3) is 0.562. The maximum atomic E-state index is 12.3. The van der Waals surface area contributed by atoms with E-state index in [2.05, 4.69) is 5.32 Å². The Bertz CT molecular complexity index is 672. The van der Waals surface area contributed by atoms with Gasteiger partial charge in [-0.2, -0.15) is 0 Å². The molecule has 3 rings (SSSR count). The number of sulfonamides is 1. The van der Waals surface area contributed by atoms with Crippen LogP contribution in [0.3, 0.4) is 0 Å². The largest absolute Gasteiger partial charge is 0.328 e. The second kappa shape index (κ2) is 6.49. The van der Waals surface area contributed by atoms with E-state index < -0.39 is 10.0 Å². The van der Waals surface area contributed by atoms with Crippen LogP contribution in [0.4, 0.5) is 11.4 Å². The summed E-state index contributed by atoms with van der Waals surface area (Å²) in [6.07, 6.45) is 4.25. The Morgan fingerprint density at radius 1 is 1.17 bits per heavy atom. The van der Waals surface area contributed by atoms with Crippen molar-refractivity contribution in [1.82, 2.24) is 0 Å². The number of benzene rings is 1. The van der Waals surface area contributed by atoms with E-state index in [-0.39, 0.29) is 23.6 Å². The molecule has 0 aromatic heterocycles. The SMILES string of the molecule is NC1CCCC(C(=O)Nc2ccc(N3CCCS3(=O)=O)cc2)C1. The summed E-state index contributed by atoms with van der Waals surface area (Å²) in [5.41, 5.74) is 7.27. The number of hydrogen-bond donors (Lipinski definition) is 2.